The topological polar surface area (TPSA) is 110 Å². The molecule has 3 heterocycles. The molecule has 0 aromatic carbocycles. The largest absolute Gasteiger partial charge is 0.394 e. The summed E-state index contributed by atoms with van der Waals surface area (Å²) in [6.07, 6.45) is 2.49. The summed E-state index contributed by atoms with van der Waals surface area (Å²) < 4.78 is 7.10. The molecule has 9 nitrogen and oxygen atoms in total. The van der Waals surface area contributed by atoms with Crippen molar-refractivity contribution in [3.05, 3.63) is 29.6 Å². The van der Waals surface area contributed by atoms with Crippen LogP contribution in [0.5, 0.6) is 0 Å². The van der Waals surface area contributed by atoms with E-state index in [4.69, 9.17) is 9.84 Å². The zero-order chi connectivity index (χ0) is 20.1. The van der Waals surface area contributed by atoms with E-state index in [2.05, 4.69) is 25.6 Å². The zero-order valence-corrected chi connectivity index (χ0v) is 16.7. The van der Waals surface area contributed by atoms with Gasteiger partial charge in [-0.05, 0) is 38.0 Å². The molecule has 0 amide bonds. The fourth-order valence-electron chi connectivity index (χ4n) is 2.86. The number of aromatic nitrogens is 5. The van der Waals surface area contributed by atoms with Crippen LogP contribution in [0.25, 0.3) is 11.0 Å². The average molecular weight is 385 g/mol. The second-order valence-corrected chi connectivity index (χ2v) is 6.68. The monoisotopic (exact) mass is 385 g/mol. The minimum atomic E-state index is -0.170. The number of fused-ring (bicyclic) bond motifs is 1. The summed E-state index contributed by atoms with van der Waals surface area (Å²) in [6.45, 7) is 7.03. The average Bonchev–Trinajstić information content (AvgIpc) is 3.04. The maximum Gasteiger partial charge on any atom is 0.225 e. The van der Waals surface area contributed by atoms with Crippen molar-refractivity contribution < 1.29 is 9.84 Å². The van der Waals surface area contributed by atoms with Gasteiger partial charge in [0.1, 0.15) is 16.9 Å². The van der Waals surface area contributed by atoms with Crippen molar-refractivity contribution in [2.75, 3.05) is 31.0 Å². The van der Waals surface area contributed by atoms with Gasteiger partial charge in [0.05, 0.1) is 25.5 Å². The van der Waals surface area contributed by atoms with E-state index < -0.39 is 0 Å². The number of aliphatic hydroxyl groups excluding tert-OH is 1. The van der Waals surface area contributed by atoms with Gasteiger partial charge in [-0.1, -0.05) is 6.92 Å². The number of rotatable bonds is 9. The Hall–Kier alpha value is -2.78. The number of nitrogens with one attached hydrogen (secondary N) is 2. The zero-order valence-electron chi connectivity index (χ0n) is 16.7. The predicted octanol–water partition coefficient (Wildman–Crippen LogP) is 2.27. The third-order valence-electron chi connectivity index (χ3n) is 4.31. The van der Waals surface area contributed by atoms with Crippen molar-refractivity contribution in [1.29, 1.82) is 0 Å². The van der Waals surface area contributed by atoms with Crippen molar-refractivity contribution in [3.63, 3.8) is 0 Å². The van der Waals surface area contributed by atoms with E-state index in [9.17, 15) is 5.11 Å². The lowest BCUT2D eigenvalue weighted by atomic mass is 10.2. The first kappa shape index (κ1) is 20.0. The third-order valence-corrected chi connectivity index (χ3v) is 4.31. The minimum absolute atomic E-state index is 0.0165. The molecule has 0 saturated heterocycles. The van der Waals surface area contributed by atoms with Crippen LogP contribution in [0, 0.1) is 6.92 Å². The quantitative estimate of drug-likeness (QED) is 0.515. The lowest BCUT2D eigenvalue weighted by molar-refractivity contribution is 0.184. The molecule has 0 unspecified atom stereocenters. The lowest BCUT2D eigenvalue weighted by Gasteiger charge is -2.14. The molecule has 3 N–H and O–H groups in total. The SMILES string of the molecule is CCc1nn(CCOC)c2c(Nc3cc(C)ccn3)nc(N[C@H](C)CO)nc12. The number of ether oxygens (including phenoxy) is 1. The highest BCUT2D eigenvalue weighted by atomic mass is 16.5. The highest BCUT2D eigenvalue weighted by Crippen LogP contribution is 2.28. The Labute approximate surface area is 164 Å². The molecule has 1 atom stereocenters. The van der Waals surface area contributed by atoms with Crippen LogP contribution < -0.4 is 10.6 Å². The Bertz CT molecular complexity index is 941. The molecule has 28 heavy (non-hydrogen) atoms. The number of aliphatic hydroxyl groups is 1. The van der Waals surface area contributed by atoms with Gasteiger partial charge >= 0.3 is 0 Å². The van der Waals surface area contributed by atoms with E-state index >= 15 is 0 Å². The molecular formula is C19H27N7O2. The number of hydrogen-bond donors (Lipinski definition) is 3. The predicted molar refractivity (Wildman–Crippen MR) is 109 cm³/mol. The van der Waals surface area contributed by atoms with Crippen molar-refractivity contribution in [1.82, 2.24) is 24.7 Å². The van der Waals surface area contributed by atoms with Gasteiger partial charge in [-0.3, -0.25) is 4.68 Å². The number of aryl methyl sites for hydroxylation is 2. The first-order valence-electron chi connectivity index (χ1n) is 9.39. The number of anilines is 3. The van der Waals surface area contributed by atoms with Crippen LogP contribution in [-0.4, -0.2) is 56.2 Å². The van der Waals surface area contributed by atoms with E-state index in [0.29, 0.717) is 30.7 Å². The maximum absolute atomic E-state index is 9.37. The van der Waals surface area contributed by atoms with Crippen LogP contribution in [0.15, 0.2) is 18.3 Å². The minimum Gasteiger partial charge on any atom is -0.394 e. The fraction of sp³-hybridized carbons (Fsp3) is 0.474. The number of pyridine rings is 1. The summed E-state index contributed by atoms with van der Waals surface area (Å²) in [5.74, 6) is 1.74. The van der Waals surface area contributed by atoms with E-state index in [0.717, 1.165) is 28.7 Å². The Morgan fingerprint density at radius 1 is 1.32 bits per heavy atom. The Morgan fingerprint density at radius 3 is 2.82 bits per heavy atom. The summed E-state index contributed by atoms with van der Waals surface area (Å²) in [4.78, 5) is 13.7. The highest BCUT2D eigenvalue weighted by molar-refractivity contribution is 5.90. The number of methoxy groups -OCH3 is 1. The van der Waals surface area contributed by atoms with Gasteiger partial charge < -0.3 is 20.5 Å². The van der Waals surface area contributed by atoms with E-state index in [1.807, 2.05) is 37.6 Å². The standard InChI is InChI=1S/C19H27N7O2/c1-5-14-16-17(26(25-14)8-9-28-4)18(22-15-10-12(2)6-7-20-15)24-19(23-16)21-13(3)11-27/h6-7,10,13,27H,5,8-9,11H2,1-4H3,(H2,20,21,22,23,24)/t13-/m1/s1. The second kappa shape index (κ2) is 8.94. The van der Waals surface area contributed by atoms with Crippen LogP contribution in [0.2, 0.25) is 0 Å². The molecule has 9 heteroatoms. The molecule has 3 aromatic rings. The molecule has 3 aromatic heterocycles. The van der Waals surface area contributed by atoms with Crippen molar-refractivity contribution in [2.45, 2.75) is 39.8 Å². The Kier molecular flexibility index (Phi) is 6.37. The smallest absolute Gasteiger partial charge is 0.225 e. The molecular weight excluding hydrogens is 358 g/mol. The van der Waals surface area contributed by atoms with Crippen molar-refractivity contribution >= 4 is 28.6 Å². The van der Waals surface area contributed by atoms with Crippen LogP contribution in [0.4, 0.5) is 17.6 Å². The molecule has 3 rings (SSSR count). The van der Waals surface area contributed by atoms with Gasteiger partial charge in [-0.25, -0.2) is 9.97 Å². The van der Waals surface area contributed by atoms with Crippen molar-refractivity contribution in [2.24, 2.45) is 0 Å². The van der Waals surface area contributed by atoms with Gasteiger partial charge in [0.25, 0.3) is 0 Å². The normalized spacial score (nSPS) is 12.3. The fourth-order valence-corrected chi connectivity index (χ4v) is 2.86. The number of nitrogens with zero attached hydrogens (tertiary/aromatic N) is 5. The summed E-state index contributed by atoms with van der Waals surface area (Å²) >= 11 is 0. The molecule has 0 spiro atoms. The van der Waals surface area contributed by atoms with Gasteiger partial charge in [-0.15, -0.1) is 0 Å². The van der Waals surface area contributed by atoms with E-state index in [1.165, 1.54) is 0 Å². The summed E-state index contributed by atoms with van der Waals surface area (Å²) in [6, 6.07) is 3.72. The lowest BCUT2D eigenvalue weighted by Crippen LogP contribution is -2.21. The van der Waals surface area contributed by atoms with Gasteiger partial charge in [0, 0.05) is 19.3 Å². The summed E-state index contributed by atoms with van der Waals surface area (Å²) in [7, 11) is 1.66. The van der Waals surface area contributed by atoms with Crippen LogP contribution in [0.3, 0.4) is 0 Å². The number of hydrogen-bond acceptors (Lipinski definition) is 8. The maximum atomic E-state index is 9.37. The van der Waals surface area contributed by atoms with Crippen LogP contribution in [0.1, 0.15) is 25.1 Å². The van der Waals surface area contributed by atoms with E-state index in [1.54, 1.807) is 13.3 Å². The van der Waals surface area contributed by atoms with E-state index in [-0.39, 0.29) is 12.6 Å². The Morgan fingerprint density at radius 2 is 2.14 bits per heavy atom. The Balaban J connectivity index is 2.13. The van der Waals surface area contributed by atoms with Gasteiger partial charge in [0.2, 0.25) is 5.95 Å². The molecule has 0 aliphatic rings. The summed E-state index contributed by atoms with van der Waals surface area (Å²) in [5, 5.41) is 20.5. The van der Waals surface area contributed by atoms with Gasteiger partial charge in [0.15, 0.2) is 5.82 Å². The molecule has 0 aliphatic heterocycles. The molecule has 0 saturated carbocycles. The molecule has 0 bridgehead atoms. The third kappa shape index (κ3) is 4.37. The van der Waals surface area contributed by atoms with Gasteiger partial charge in [-0.2, -0.15) is 10.1 Å². The molecule has 0 fully saturated rings. The first-order chi connectivity index (χ1) is 13.5. The first-order valence-corrected chi connectivity index (χ1v) is 9.39. The summed E-state index contributed by atoms with van der Waals surface area (Å²) in [5.41, 5.74) is 3.56. The van der Waals surface area contributed by atoms with Crippen molar-refractivity contribution in [3.8, 4) is 0 Å². The van der Waals surface area contributed by atoms with Crippen LogP contribution >= 0.6 is 0 Å². The molecule has 0 aliphatic carbocycles. The van der Waals surface area contributed by atoms with Crippen LogP contribution in [-0.2, 0) is 17.7 Å². The molecule has 150 valence electrons. The highest BCUT2D eigenvalue weighted by Gasteiger charge is 2.19. The second-order valence-electron chi connectivity index (χ2n) is 6.68. The molecule has 0 radical (unpaired) electrons.